The van der Waals surface area contributed by atoms with Crippen LogP contribution in [0.1, 0.15) is 5.56 Å². The van der Waals surface area contributed by atoms with E-state index in [9.17, 15) is 4.79 Å². The number of azo groups is 1. The summed E-state index contributed by atoms with van der Waals surface area (Å²) in [6, 6.07) is 14.6. The fourth-order valence-corrected chi connectivity index (χ4v) is 1.37. The van der Waals surface area contributed by atoms with Gasteiger partial charge in [-0.3, -0.25) is 4.79 Å². The maximum atomic E-state index is 10.1. The van der Waals surface area contributed by atoms with Gasteiger partial charge in [-0.2, -0.15) is 10.2 Å². The van der Waals surface area contributed by atoms with Gasteiger partial charge >= 0.3 is 0 Å². The number of benzene rings is 2. The summed E-state index contributed by atoms with van der Waals surface area (Å²) in [4.78, 5) is 10.1. The average molecular weight is 240 g/mol. The van der Waals surface area contributed by atoms with E-state index in [0.29, 0.717) is 17.9 Å². The minimum Gasteiger partial charge on any atom is -0.429 e. The van der Waals surface area contributed by atoms with Crippen LogP contribution in [0.15, 0.2) is 58.8 Å². The van der Waals surface area contributed by atoms with Crippen molar-refractivity contribution in [1.82, 2.24) is 0 Å². The van der Waals surface area contributed by atoms with Gasteiger partial charge in [-0.25, -0.2) is 0 Å². The lowest BCUT2D eigenvalue weighted by molar-refractivity contribution is -0.120. The maximum absolute atomic E-state index is 10.1. The molecule has 90 valence electrons. The molecule has 0 saturated heterocycles. The monoisotopic (exact) mass is 240 g/mol. The Labute approximate surface area is 105 Å². The molecule has 2 rings (SSSR count). The molecule has 0 heterocycles. The van der Waals surface area contributed by atoms with Gasteiger partial charge in [0.15, 0.2) is 0 Å². The van der Waals surface area contributed by atoms with E-state index < -0.39 is 0 Å². The molecule has 4 heteroatoms. The van der Waals surface area contributed by atoms with E-state index in [1.54, 1.807) is 24.3 Å². The minimum absolute atomic E-state index is 0.392. The number of ether oxygens (including phenoxy) is 1. The highest BCUT2D eigenvalue weighted by molar-refractivity contribution is 5.48. The molecule has 0 saturated carbocycles. The van der Waals surface area contributed by atoms with E-state index >= 15 is 0 Å². The van der Waals surface area contributed by atoms with Crippen molar-refractivity contribution in [3.05, 3.63) is 54.1 Å². The van der Waals surface area contributed by atoms with E-state index in [1.807, 2.05) is 31.2 Å². The van der Waals surface area contributed by atoms with E-state index in [4.69, 9.17) is 0 Å². The van der Waals surface area contributed by atoms with Gasteiger partial charge in [0.05, 0.1) is 11.4 Å². The second-order valence-corrected chi connectivity index (χ2v) is 3.74. The highest BCUT2D eigenvalue weighted by atomic mass is 16.5. The molecule has 0 aromatic heterocycles. The lowest BCUT2D eigenvalue weighted by Crippen LogP contribution is -1.86. The van der Waals surface area contributed by atoms with Crippen molar-refractivity contribution in [1.29, 1.82) is 0 Å². The van der Waals surface area contributed by atoms with E-state index in [0.717, 1.165) is 5.69 Å². The number of nitrogens with zero attached hydrogens (tertiary/aromatic N) is 2. The number of hydrogen-bond donors (Lipinski definition) is 0. The summed E-state index contributed by atoms with van der Waals surface area (Å²) >= 11 is 0. The Kier molecular flexibility index (Phi) is 3.81. The van der Waals surface area contributed by atoms with Crippen LogP contribution in [-0.2, 0) is 4.79 Å². The molecule has 0 N–H and O–H groups in total. The van der Waals surface area contributed by atoms with Gasteiger partial charge in [0.2, 0.25) is 0 Å². The summed E-state index contributed by atoms with van der Waals surface area (Å²) < 4.78 is 4.68. The van der Waals surface area contributed by atoms with Crippen LogP contribution in [0.3, 0.4) is 0 Å². The summed E-state index contributed by atoms with van der Waals surface area (Å²) in [6.07, 6.45) is 0. The standard InChI is InChI=1S/C14H12N2O2/c1-11-2-4-12(5-3-11)15-16-13-6-8-14(9-7-13)18-10-17/h2-10H,1H3/b16-15+. The van der Waals surface area contributed by atoms with Crippen molar-refractivity contribution in [3.63, 3.8) is 0 Å². The highest BCUT2D eigenvalue weighted by Crippen LogP contribution is 2.21. The molecule has 4 nitrogen and oxygen atoms in total. The molecule has 0 aliphatic rings. The van der Waals surface area contributed by atoms with Gasteiger partial charge in [-0.05, 0) is 43.3 Å². The van der Waals surface area contributed by atoms with Gasteiger partial charge in [0.1, 0.15) is 5.75 Å². The van der Waals surface area contributed by atoms with Gasteiger partial charge < -0.3 is 4.74 Å². The van der Waals surface area contributed by atoms with Gasteiger partial charge in [0, 0.05) is 0 Å². The molecule has 0 bridgehead atoms. The van der Waals surface area contributed by atoms with Crippen molar-refractivity contribution >= 4 is 17.8 Å². The summed E-state index contributed by atoms with van der Waals surface area (Å²) in [6.45, 7) is 2.41. The Hall–Kier alpha value is -2.49. The van der Waals surface area contributed by atoms with Crippen LogP contribution >= 0.6 is 0 Å². The fourth-order valence-electron chi connectivity index (χ4n) is 1.37. The summed E-state index contributed by atoms with van der Waals surface area (Å²) in [5, 5.41) is 8.20. The second kappa shape index (κ2) is 5.72. The van der Waals surface area contributed by atoms with Crippen LogP contribution in [0, 0.1) is 6.92 Å². The SMILES string of the molecule is Cc1ccc(/N=N/c2ccc(OC=O)cc2)cc1. The van der Waals surface area contributed by atoms with E-state index in [2.05, 4.69) is 15.0 Å². The molecule has 0 aliphatic heterocycles. The predicted molar refractivity (Wildman–Crippen MR) is 68.5 cm³/mol. The van der Waals surface area contributed by atoms with Crippen molar-refractivity contribution in [3.8, 4) is 5.75 Å². The topological polar surface area (TPSA) is 51.0 Å². The molecule has 0 aliphatic carbocycles. The van der Waals surface area contributed by atoms with Crippen molar-refractivity contribution in [2.45, 2.75) is 6.92 Å². The molecule has 2 aromatic carbocycles. The average Bonchev–Trinajstić information content (AvgIpc) is 2.40. The van der Waals surface area contributed by atoms with Crippen LogP contribution in [0.25, 0.3) is 0 Å². The molecule has 0 spiro atoms. The van der Waals surface area contributed by atoms with Crippen LogP contribution in [0.2, 0.25) is 0 Å². The molecule has 18 heavy (non-hydrogen) atoms. The van der Waals surface area contributed by atoms with Crippen LogP contribution in [0.5, 0.6) is 5.75 Å². The first-order chi connectivity index (χ1) is 8.78. The Morgan fingerprint density at radius 3 is 1.89 bits per heavy atom. The second-order valence-electron chi connectivity index (χ2n) is 3.74. The summed E-state index contributed by atoms with van der Waals surface area (Å²) in [5.74, 6) is 0.485. The zero-order chi connectivity index (χ0) is 12.8. The lowest BCUT2D eigenvalue weighted by atomic mass is 10.2. The minimum atomic E-state index is 0.392. The van der Waals surface area contributed by atoms with Gasteiger partial charge in [-0.1, -0.05) is 17.7 Å². The Morgan fingerprint density at radius 2 is 1.39 bits per heavy atom. The lowest BCUT2D eigenvalue weighted by Gasteiger charge is -1.97. The summed E-state index contributed by atoms with van der Waals surface area (Å²) in [5.41, 5.74) is 2.69. The Balaban J connectivity index is 2.08. The van der Waals surface area contributed by atoms with Crippen LogP contribution in [0.4, 0.5) is 11.4 Å². The number of aryl methyl sites for hydroxylation is 1. The third kappa shape index (κ3) is 3.25. The molecular formula is C14H12N2O2. The van der Waals surface area contributed by atoms with Crippen molar-refractivity contribution in [2.75, 3.05) is 0 Å². The maximum Gasteiger partial charge on any atom is 0.298 e. The predicted octanol–water partition coefficient (Wildman–Crippen LogP) is 3.95. The van der Waals surface area contributed by atoms with E-state index in [1.165, 1.54) is 5.56 Å². The van der Waals surface area contributed by atoms with Gasteiger partial charge in [0.25, 0.3) is 6.47 Å². The zero-order valence-electron chi connectivity index (χ0n) is 9.91. The molecule has 0 fully saturated rings. The van der Waals surface area contributed by atoms with Crippen molar-refractivity contribution in [2.24, 2.45) is 10.2 Å². The molecule has 0 unspecified atom stereocenters. The highest BCUT2D eigenvalue weighted by Gasteiger charge is 1.94. The molecule has 0 amide bonds. The molecule has 0 atom stereocenters. The Bertz CT molecular complexity index is 545. The zero-order valence-corrected chi connectivity index (χ0v) is 9.91. The third-order valence-corrected chi connectivity index (χ3v) is 2.34. The normalized spacial score (nSPS) is 10.5. The van der Waals surface area contributed by atoms with Crippen molar-refractivity contribution < 1.29 is 9.53 Å². The first kappa shape index (κ1) is 12.0. The Morgan fingerprint density at radius 1 is 0.889 bits per heavy atom. The first-order valence-electron chi connectivity index (χ1n) is 5.47. The fraction of sp³-hybridized carbons (Fsp3) is 0.0714. The number of carbonyl (C=O) groups excluding carboxylic acids is 1. The van der Waals surface area contributed by atoms with Crippen LogP contribution in [-0.4, -0.2) is 6.47 Å². The third-order valence-electron chi connectivity index (χ3n) is 2.34. The quantitative estimate of drug-likeness (QED) is 0.600. The largest absolute Gasteiger partial charge is 0.429 e. The first-order valence-corrected chi connectivity index (χ1v) is 5.47. The smallest absolute Gasteiger partial charge is 0.298 e. The molecule has 0 radical (unpaired) electrons. The number of carbonyl (C=O) groups is 1. The number of rotatable bonds is 4. The summed E-state index contributed by atoms with van der Waals surface area (Å²) in [7, 11) is 0. The van der Waals surface area contributed by atoms with Crippen LogP contribution < -0.4 is 4.74 Å². The molecule has 2 aromatic rings. The van der Waals surface area contributed by atoms with Gasteiger partial charge in [-0.15, -0.1) is 0 Å². The molecular weight excluding hydrogens is 228 g/mol. The van der Waals surface area contributed by atoms with E-state index in [-0.39, 0.29) is 0 Å². The number of hydrogen-bond acceptors (Lipinski definition) is 4.